The summed E-state index contributed by atoms with van der Waals surface area (Å²) in [7, 11) is 1.89. The summed E-state index contributed by atoms with van der Waals surface area (Å²) < 4.78 is 1.85. The molecule has 1 N–H and O–H groups in total. The lowest BCUT2D eigenvalue weighted by Crippen LogP contribution is -1.99. The number of hydrogen-bond donors (Lipinski definition) is 1. The molecule has 0 aliphatic heterocycles. The van der Waals surface area contributed by atoms with Crippen LogP contribution in [0.1, 0.15) is 18.2 Å². The van der Waals surface area contributed by atoms with E-state index in [1.807, 2.05) is 41.7 Å². The zero-order valence-electron chi connectivity index (χ0n) is 11.2. The van der Waals surface area contributed by atoms with E-state index in [2.05, 4.69) is 36.5 Å². The number of aryl methyl sites for hydroxylation is 1. The second-order valence-corrected chi connectivity index (χ2v) is 5.54. The van der Waals surface area contributed by atoms with E-state index in [1.165, 1.54) is 4.90 Å². The van der Waals surface area contributed by atoms with Crippen molar-refractivity contribution in [2.24, 2.45) is 7.05 Å². The maximum atomic E-state index is 8.94. The predicted octanol–water partition coefficient (Wildman–Crippen LogP) is 3.62. The van der Waals surface area contributed by atoms with Crippen molar-refractivity contribution in [2.75, 3.05) is 11.1 Å². The van der Waals surface area contributed by atoms with Crippen molar-refractivity contribution in [3.63, 3.8) is 0 Å². The highest BCUT2D eigenvalue weighted by atomic mass is 32.2. The number of hydrogen-bond acceptors (Lipinski definition) is 3. The highest BCUT2D eigenvalue weighted by Crippen LogP contribution is 2.27. The fourth-order valence-corrected chi connectivity index (χ4v) is 2.71. The van der Waals surface area contributed by atoms with Crippen LogP contribution in [-0.4, -0.2) is 10.3 Å². The van der Waals surface area contributed by atoms with Gasteiger partial charge in [-0.05, 0) is 29.5 Å². The van der Waals surface area contributed by atoms with Crippen LogP contribution < -0.4 is 5.32 Å². The average molecular weight is 271 g/mol. The van der Waals surface area contributed by atoms with Gasteiger partial charge in [-0.25, -0.2) is 0 Å². The molecule has 0 fully saturated rings. The lowest BCUT2D eigenvalue weighted by atomic mass is 10.3. The summed E-state index contributed by atoms with van der Waals surface area (Å²) in [6.07, 6.45) is 1.99. The van der Waals surface area contributed by atoms with Crippen LogP contribution in [0.3, 0.4) is 0 Å². The number of rotatable bonds is 5. The lowest BCUT2D eigenvalue weighted by Gasteiger charge is -2.10. The van der Waals surface area contributed by atoms with E-state index in [9.17, 15) is 0 Å². The number of aromatic nitrogens is 1. The van der Waals surface area contributed by atoms with Gasteiger partial charge in [0.05, 0.1) is 0 Å². The van der Waals surface area contributed by atoms with E-state index >= 15 is 0 Å². The van der Waals surface area contributed by atoms with Crippen molar-refractivity contribution in [3.05, 3.63) is 47.8 Å². The summed E-state index contributed by atoms with van der Waals surface area (Å²) >= 11 is 1.83. The molecule has 0 unspecified atom stereocenters. The Morgan fingerprint density at radius 2 is 2.16 bits per heavy atom. The van der Waals surface area contributed by atoms with Crippen molar-refractivity contribution in [1.82, 2.24) is 4.57 Å². The van der Waals surface area contributed by atoms with E-state index in [0.29, 0.717) is 5.69 Å². The fraction of sp³-hybridized carbons (Fsp3) is 0.267. The van der Waals surface area contributed by atoms with Gasteiger partial charge in [0, 0.05) is 30.4 Å². The number of benzene rings is 1. The second kappa shape index (κ2) is 6.35. The molecule has 98 valence electrons. The van der Waals surface area contributed by atoms with Crippen molar-refractivity contribution in [2.45, 2.75) is 18.4 Å². The summed E-state index contributed by atoms with van der Waals surface area (Å²) in [6, 6.07) is 12.4. The number of anilines is 1. The molecule has 1 heterocycles. The predicted molar refractivity (Wildman–Crippen MR) is 80.3 cm³/mol. The van der Waals surface area contributed by atoms with Gasteiger partial charge in [-0.15, -0.1) is 11.8 Å². The molecule has 0 amide bonds. The van der Waals surface area contributed by atoms with Gasteiger partial charge in [0.15, 0.2) is 0 Å². The minimum Gasteiger partial charge on any atom is -0.380 e. The largest absolute Gasteiger partial charge is 0.380 e. The molecule has 1 aromatic carbocycles. The highest BCUT2D eigenvalue weighted by molar-refractivity contribution is 7.99. The monoisotopic (exact) mass is 271 g/mol. The van der Waals surface area contributed by atoms with Crippen molar-refractivity contribution < 1.29 is 0 Å². The summed E-state index contributed by atoms with van der Waals surface area (Å²) in [4.78, 5) is 1.27. The third kappa shape index (κ3) is 3.33. The van der Waals surface area contributed by atoms with Gasteiger partial charge in [-0.1, -0.05) is 19.1 Å². The van der Waals surface area contributed by atoms with Crippen molar-refractivity contribution >= 4 is 17.4 Å². The van der Waals surface area contributed by atoms with E-state index < -0.39 is 0 Å². The first-order chi connectivity index (χ1) is 9.24. The molecule has 1 aromatic heterocycles. The Labute approximate surface area is 118 Å². The molecule has 0 bridgehead atoms. The van der Waals surface area contributed by atoms with Crippen LogP contribution in [0.15, 0.2) is 41.4 Å². The van der Waals surface area contributed by atoms with Gasteiger partial charge in [-0.2, -0.15) is 5.26 Å². The fourth-order valence-electron chi connectivity index (χ4n) is 1.93. The van der Waals surface area contributed by atoms with Crippen LogP contribution in [0, 0.1) is 11.3 Å². The quantitative estimate of drug-likeness (QED) is 0.844. The molecular weight excluding hydrogens is 254 g/mol. The Morgan fingerprint density at radius 1 is 1.37 bits per heavy atom. The first-order valence-electron chi connectivity index (χ1n) is 6.25. The average Bonchev–Trinajstić information content (AvgIpc) is 2.78. The molecule has 19 heavy (non-hydrogen) atoms. The van der Waals surface area contributed by atoms with E-state index in [-0.39, 0.29) is 0 Å². The third-order valence-electron chi connectivity index (χ3n) is 2.85. The first kappa shape index (κ1) is 13.6. The maximum Gasteiger partial charge on any atom is 0.120 e. The molecule has 4 heteroatoms. The van der Waals surface area contributed by atoms with E-state index in [4.69, 9.17) is 5.26 Å². The van der Waals surface area contributed by atoms with Gasteiger partial charge >= 0.3 is 0 Å². The van der Waals surface area contributed by atoms with Crippen LogP contribution >= 0.6 is 11.8 Å². The minimum absolute atomic E-state index is 0.688. The molecule has 2 aromatic rings. The van der Waals surface area contributed by atoms with Crippen LogP contribution in [0.5, 0.6) is 0 Å². The third-order valence-corrected chi connectivity index (χ3v) is 3.80. The number of nitriles is 1. The zero-order valence-corrected chi connectivity index (χ0v) is 12.0. The summed E-state index contributed by atoms with van der Waals surface area (Å²) in [5.41, 5.74) is 2.96. The Bertz CT molecular complexity index is 596. The smallest absolute Gasteiger partial charge is 0.120 e. The maximum absolute atomic E-state index is 8.94. The molecule has 0 radical (unpaired) electrons. The topological polar surface area (TPSA) is 40.8 Å². The van der Waals surface area contributed by atoms with Crippen LogP contribution in [0.4, 0.5) is 5.69 Å². The number of nitrogens with one attached hydrogen (secondary N) is 1. The van der Waals surface area contributed by atoms with Gasteiger partial charge in [0.25, 0.3) is 0 Å². The summed E-state index contributed by atoms with van der Waals surface area (Å²) in [5.74, 6) is 1.06. The molecule has 0 saturated carbocycles. The molecule has 2 rings (SSSR count). The number of nitrogens with zero attached hydrogens (tertiary/aromatic N) is 2. The summed E-state index contributed by atoms with van der Waals surface area (Å²) in [6.45, 7) is 2.88. The van der Waals surface area contributed by atoms with Gasteiger partial charge in [0.1, 0.15) is 11.8 Å². The van der Waals surface area contributed by atoms with Crippen LogP contribution in [0.2, 0.25) is 0 Å². The van der Waals surface area contributed by atoms with Crippen molar-refractivity contribution in [1.29, 1.82) is 5.26 Å². The normalized spacial score (nSPS) is 10.2. The first-order valence-corrected chi connectivity index (χ1v) is 7.24. The molecule has 0 spiro atoms. The van der Waals surface area contributed by atoms with E-state index in [1.54, 1.807) is 0 Å². The van der Waals surface area contributed by atoms with Crippen LogP contribution in [0.25, 0.3) is 0 Å². The number of para-hydroxylation sites is 1. The molecular formula is C15H17N3S. The summed E-state index contributed by atoms with van der Waals surface area (Å²) in [5, 5.41) is 12.4. The minimum atomic E-state index is 0.688. The van der Waals surface area contributed by atoms with Gasteiger partial charge in [-0.3, -0.25) is 0 Å². The Balaban J connectivity index is 2.08. The zero-order chi connectivity index (χ0) is 13.7. The molecule has 0 saturated heterocycles. The van der Waals surface area contributed by atoms with Gasteiger partial charge in [0.2, 0.25) is 0 Å². The Morgan fingerprint density at radius 3 is 2.84 bits per heavy atom. The van der Waals surface area contributed by atoms with Crippen molar-refractivity contribution in [3.8, 4) is 6.07 Å². The number of thioether (sulfide) groups is 1. The molecule has 0 aliphatic rings. The molecule has 3 nitrogen and oxygen atoms in total. The standard InChI is InChI=1S/C15H17N3S/c1-3-19-15-7-5-4-6-14(15)17-10-12-8-13(9-16)18(2)11-12/h4-8,11,17H,3,10H2,1-2H3. The van der Waals surface area contributed by atoms with E-state index in [0.717, 1.165) is 23.5 Å². The van der Waals surface area contributed by atoms with Crippen LogP contribution in [-0.2, 0) is 13.6 Å². The Hall–Kier alpha value is -1.86. The second-order valence-electron chi connectivity index (χ2n) is 4.24. The Kier molecular flexibility index (Phi) is 4.53. The molecule has 0 aliphatic carbocycles. The molecule has 0 atom stereocenters. The lowest BCUT2D eigenvalue weighted by molar-refractivity contribution is 0.902. The SMILES string of the molecule is CCSc1ccccc1NCc1cc(C#N)n(C)c1. The van der Waals surface area contributed by atoms with Gasteiger partial charge < -0.3 is 9.88 Å². The highest BCUT2D eigenvalue weighted by Gasteiger charge is 2.04.